The van der Waals surface area contributed by atoms with Gasteiger partial charge in [0.1, 0.15) is 11.0 Å². The van der Waals surface area contributed by atoms with Gasteiger partial charge in [0, 0.05) is 11.3 Å². The topological polar surface area (TPSA) is 95.7 Å². The number of para-hydroxylation sites is 1. The lowest BCUT2D eigenvalue weighted by atomic mass is 10.1. The number of aromatic amines is 1. The van der Waals surface area contributed by atoms with Crippen molar-refractivity contribution in [1.82, 2.24) is 4.98 Å². The molecule has 0 spiro atoms. The maximum atomic E-state index is 12.1. The van der Waals surface area contributed by atoms with E-state index in [2.05, 4.69) is 9.98 Å². The number of hydrogen-bond donors (Lipinski definition) is 2. The quantitative estimate of drug-likeness (QED) is 0.650. The first-order valence-corrected chi connectivity index (χ1v) is 8.20. The highest BCUT2D eigenvalue weighted by Gasteiger charge is 2.05. The van der Waals surface area contributed by atoms with E-state index in [1.807, 2.05) is 30.3 Å². The lowest BCUT2D eigenvalue weighted by molar-refractivity contribution is -0.131. The smallest absolute Gasteiger partial charge is 0.361 e. The van der Waals surface area contributed by atoms with Crippen molar-refractivity contribution < 1.29 is 14.3 Å². The average molecular weight is 358 g/mol. The second-order valence-electron chi connectivity index (χ2n) is 5.94. The molecule has 0 amide bonds. The second-order valence-corrected chi connectivity index (χ2v) is 5.94. The van der Waals surface area contributed by atoms with Crippen molar-refractivity contribution in [3.8, 4) is 0 Å². The minimum absolute atomic E-state index is 0.309. The van der Waals surface area contributed by atoms with Crippen LogP contribution in [0.2, 0.25) is 0 Å². The summed E-state index contributed by atoms with van der Waals surface area (Å²) in [6, 6.07) is 14.8. The van der Waals surface area contributed by atoms with Crippen LogP contribution >= 0.6 is 0 Å². The van der Waals surface area contributed by atoms with E-state index in [0.717, 1.165) is 27.8 Å². The van der Waals surface area contributed by atoms with Crippen LogP contribution in [0.25, 0.3) is 23.9 Å². The zero-order valence-corrected chi connectivity index (χ0v) is 14.0. The van der Waals surface area contributed by atoms with Gasteiger partial charge in [-0.2, -0.15) is 0 Å². The normalized spacial score (nSPS) is 15.5. The van der Waals surface area contributed by atoms with Gasteiger partial charge in [-0.05, 0) is 35.4 Å². The molecule has 2 aromatic carbocycles. The summed E-state index contributed by atoms with van der Waals surface area (Å²) < 4.78 is 5.31. The van der Waals surface area contributed by atoms with Gasteiger partial charge in [-0.3, -0.25) is 0 Å². The average Bonchev–Trinajstić information content (AvgIpc) is 3.25. The zero-order chi connectivity index (χ0) is 18.8. The fourth-order valence-electron chi connectivity index (χ4n) is 2.73. The summed E-state index contributed by atoms with van der Waals surface area (Å²) in [7, 11) is 0. The highest BCUT2D eigenvalue weighted by atomic mass is 16.4. The van der Waals surface area contributed by atoms with Crippen molar-refractivity contribution in [3.05, 3.63) is 97.6 Å². The molecule has 3 aromatic rings. The van der Waals surface area contributed by atoms with E-state index >= 15 is 0 Å². The van der Waals surface area contributed by atoms with Crippen molar-refractivity contribution in [2.24, 2.45) is 4.99 Å². The van der Waals surface area contributed by atoms with Crippen LogP contribution in [0.4, 0.5) is 0 Å². The van der Waals surface area contributed by atoms with E-state index in [0.29, 0.717) is 16.6 Å². The molecule has 2 heterocycles. The number of hydrogen-bond acceptors (Lipinski definition) is 4. The fraction of sp³-hybridized carbons (Fsp3) is 0. The van der Waals surface area contributed by atoms with Crippen LogP contribution in [-0.4, -0.2) is 16.1 Å². The molecule has 0 unspecified atom stereocenters. The van der Waals surface area contributed by atoms with Crippen molar-refractivity contribution in [2.75, 3.05) is 0 Å². The van der Waals surface area contributed by atoms with Gasteiger partial charge in [-0.15, -0.1) is 0 Å². The molecule has 6 nitrogen and oxygen atoms in total. The Kier molecular flexibility index (Phi) is 4.14. The van der Waals surface area contributed by atoms with Crippen molar-refractivity contribution in [2.45, 2.75) is 0 Å². The molecule has 6 heteroatoms. The van der Waals surface area contributed by atoms with Crippen LogP contribution < -0.4 is 27.1 Å². The number of oxazole rings is 1. The first-order valence-electron chi connectivity index (χ1n) is 8.20. The number of rotatable bonds is 3. The molecule has 4 rings (SSSR count). The highest BCUT2D eigenvalue weighted by molar-refractivity contribution is 5.85. The first kappa shape index (κ1) is 16.5. The Morgan fingerprint density at radius 1 is 1.07 bits per heavy atom. The number of nitrogens with zero attached hydrogens (tertiary/aromatic N) is 1. The van der Waals surface area contributed by atoms with Gasteiger partial charge in [0.15, 0.2) is 0 Å². The molecular formula is C21H14N2O4. The standard InChI is InChI=1S/C21H14N2O4/c24-19(25)10-9-13-5-7-14(8-6-13)11-18-21(26)27-20(23-18)17-12-15-3-1-2-4-16(15)22-17/h1-12,23H,(H,24,25)/b10-9+,18-11-,20-17-. The summed E-state index contributed by atoms with van der Waals surface area (Å²) in [5, 5.41) is 10.8. The molecule has 0 saturated carbocycles. The summed E-state index contributed by atoms with van der Waals surface area (Å²) in [6.45, 7) is 0. The minimum Gasteiger partial charge on any atom is -0.478 e. The molecule has 1 aromatic heterocycles. The van der Waals surface area contributed by atoms with Crippen LogP contribution in [-0.2, 0) is 4.79 Å². The SMILES string of the molecule is O=C(O)/C=C/c1ccc(/C=c2\[nH]/c(=C3\C=c4ccccc4=N3)oc2=O)cc1. The molecule has 132 valence electrons. The summed E-state index contributed by atoms with van der Waals surface area (Å²) in [4.78, 5) is 30.1. The van der Waals surface area contributed by atoms with E-state index in [1.165, 1.54) is 6.08 Å². The molecule has 0 fully saturated rings. The largest absolute Gasteiger partial charge is 0.478 e. The number of carboxylic acids is 1. The maximum absolute atomic E-state index is 12.1. The Morgan fingerprint density at radius 3 is 2.56 bits per heavy atom. The highest BCUT2D eigenvalue weighted by Crippen LogP contribution is 2.06. The van der Waals surface area contributed by atoms with Gasteiger partial charge in [0.05, 0.1) is 5.36 Å². The molecule has 0 bridgehead atoms. The number of fused-ring (bicyclic) bond motifs is 1. The summed E-state index contributed by atoms with van der Waals surface area (Å²) in [6.07, 6.45) is 6.10. The number of carboxylic acid groups (broad SMARTS) is 1. The summed E-state index contributed by atoms with van der Waals surface area (Å²) in [5.41, 5.74) is 1.93. The molecule has 0 atom stereocenters. The zero-order valence-electron chi connectivity index (χ0n) is 14.0. The molecule has 0 aliphatic carbocycles. The Labute approximate surface area is 152 Å². The number of carbonyl (C=O) groups is 1. The Hall–Kier alpha value is -3.93. The van der Waals surface area contributed by atoms with Crippen molar-refractivity contribution in [3.63, 3.8) is 0 Å². The number of nitrogens with one attached hydrogen (secondary N) is 1. The molecule has 2 N–H and O–H groups in total. The third-order valence-corrected chi connectivity index (χ3v) is 4.03. The van der Waals surface area contributed by atoms with E-state index < -0.39 is 11.6 Å². The molecular weight excluding hydrogens is 344 g/mol. The predicted octanol–water partition coefficient (Wildman–Crippen LogP) is 0.117. The molecule has 1 aliphatic heterocycles. The van der Waals surface area contributed by atoms with Crippen LogP contribution in [0.3, 0.4) is 0 Å². The molecule has 0 saturated heterocycles. The van der Waals surface area contributed by atoms with Crippen LogP contribution in [0.15, 0.2) is 68.8 Å². The second kappa shape index (κ2) is 6.76. The van der Waals surface area contributed by atoms with E-state index in [-0.39, 0.29) is 0 Å². The van der Waals surface area contributed by atoms with Crippen molar-refractivity contribution >= 4 is 29.9 Å². The summed E-state index contributed by atoms with van der Waals surface area (Å²) >= 11 is 0. The third-order valence-electron chi connectivity index (χ3n) is 4.03. The van der Waals surface area contributed by atoms with E-state index in [1.54, 1.807) is 30.3 Å². The van der Waals surface area contributed by atoms with Gasteiger partial charge in [-0.25, -0.2) is 14.6 Å². The van der Waals surface area contributed by atoms with Crippen molar-refractivity contribution in [1.29, 1.82) is 0 Å². The number of benzene rings is 2. The van der Waals surface area contributed by atoms with Crippen LogP contribution in [0, 0.1) is 0 Å². The number of aliphatic carboxylic acids is 1. The van der Waals surface area contributed by atoms with E-state index in [4.69, 9.17) is 9.52 Å². The molecule has 1 aliphatic rings. The van der Waals surface area contributed by atoms with Gasteiger partial charge in [-0.1, -0.05) is 42.5 Å². The van der Waals surface area contributed by atoms with Gasteiger partial charge >= 0.3 is 11.6 Å². The van der Waals surface area contributed by atoms with E-state index in [9.17, 15) is 9.59 Å². The fourth-order valence-corrected chi connectivity index (χ4v) is 2.73. The van der Waals surface area contributed by atoms with Crippen LogP contribution in [0.1, 0.15) is 11.1 Å². The first-order chi connectivity index (χ1) is 13.1. The maximum Gasteiger partial charge on any atom is 0.361 e. The number of H-pyrrole nitrogens is 1. The molecule has 27 heavy (non-hydrogen) atoms. The van der Waals surface area contributed by atoms with Gasteiger partial charge in [0.25, 0.3) is 0 Å². The molecule has 0 radical (unpaired) electrons. The Balaban J connectivity index is 1.72. The third kappa shape index (κ3) is 3.55. The monoisotopic (exact) mass is 358 g/mol. The summed E-state index contributed by atoms with van der Waals surface area (Å²) in [5.74, 6) is -1.00. The van der Waals surface area contributed by atoms with Crippen LogP contribution in [0.5, 0.6) is 0 Å². The lowest BCUT2D eigenvalue weighted by Crippen LogP contribution is -2.21. The lowest BCUT2D eigenvalue weighted by Gasteiger charge is -1.94. The minimum atomic E-state index is -1.00. The predicted molar refractivity (Wildman–Crippen MR) is 100 cm³/mol. The van der Waals surface area contributed by atoms with Gasteiger partial charge < -0.3 is 14.5 Å². The number of aromatic nitrogens is 1. The Bertz CT molecular complexity index is 1320. The Morgan fingerprint density at radius 2 is 1.81 bits per heavy atom. The van der Waals surface area contributed by atoms with Gasteiger partial charge in [0.2, 0.25) is 5.55 Å².